The summed E-state index contributed by atoms with van der Waals surface area (Å²) in [5, 5.41) is 0.766. The number of benzene rings is 2. The third kappa shape index (κ3) is 4.03. The van der Waals surface area contributed by atoms with Crippen molar-refractivity contribution in [3.05, 3.63) is 65.7 Å². The van der Waals surface area contributed by atoms with E-state index >= 15 is 0 Å². The molecule has 0 saturated carbocycles. The van der Waals surface area contributed by atoms with E-state index in [9.17, 15) is 4.79 Å². The molecule has 4 N–H and O–H groups in total. The molecule has 5 heteroatoms. The van der Waals surface area contributed by atoms with E-state index in [0.29, 0.717) is 11.5 Å². The highest BCUT2D eigenvalue weighted by Gasteiger charge is 2.25. The van der Waals surface area contributed by atoms with Gasteiger partial charge in [0.05, 0.1) is 16.8 Å². The molecule has 0 spiro atoms. The van der Waals surface area contributed by atoms with E-state index in [1.165, 1.54) is 0 Å². The fourth-order valence-corrected chi connectivity index (χ4v) is 3.75. The van der Waals surface area contributed by atoms with Crippen LogP contribution in [0.25, 0.3) is 22.2 Å². The first-order valence-corrected chi connectivity index (χ1v) is 9.50. The van der Waals surface area contributed by atoms with Crippen LogP contribution in [0.4, 0.5) is 0 Å². The van der Waals surface area contributed by atoms with Crippen molar-refractivity contribution < 1.29 is 4.79 Å². The molecule has 0 aliphatic carbocycles. The third-order valence-corrected chi connectivity index (χ3v) is 4.74. The number of hydrogen-bond acceptors (Lipinski definition) is 2. The number of carbonyl (C=O) groups is 1. The van der Waals surface area contributed by atoms with Gasteiger partial charge in [-0.15, -0.1) is 0 Å². The highest BCUT2D eigenvalue weighted by Crippen LogP contribution is 2.37. The normalized spacial score (nSPS) is 12.1. The maximum absolute atomic E-state index is 13.1. The highest BCUT2D eigenvalue weighted by molar-refractivity contribution is 6.12. The van der Waals surface area contributed by atoms with Crippen LogP contribution in [0.1, 0.15) is 49.0 Å². The number of pyridine rings is 1. The summed E-state index contributed by atoms with van der Waals surface area (Å²) in [6.07, 6.45) is 0.919. The topological polar surface area (TPSA) is 94.4 Å². The summed E-state index contributed by atoms with van der Waals surface area (Å²) >= 11 is 0. The number of nitrogens with two attached hydrogens (primary N) is 2. The van der Waals surface area contributed by atoms with E-state index in [-0.39, 0.29) is 11.9 Å². The van der Waals surface area contributed by atoms with E-state index in [0.717, 1.165) is 34.1 Å². The average molecular weight is 374 g/mol. The van der Waals surface area contributed by atoms with Crippen LogP contribution in [0, 0.1) is 5.92 Å². The molecule has 0 fully saturated rings. The van der Waals surface area contributed by atoms with Crippen LogP contribution in [0.15, 0.2) is 59.6 Å². The summed E-state index contributed by atoms with van der Waals surface area (Å²) in [6, 6.07) is 17.6. The van der Waals surface area contributed by atoms with E-state index in [1.54, 1.807) is 0 Å². The quantitative estimate of drug-likeness (QED) is 0.509. The zero-order valence-corrected chi connectivity index (χ0v) is 16.5. The number of hydrogen-bond donors (Lipinski definition) is 2. The molecular weight excluding hydrogens is 348 g/mol. The second-order valence-electron chi connectivity index (χ2n) is 7.50. The Morgan fingerprint density at radius 2 is 1.64 bits per heavy atom. The SMILES string of the molecule is CC(C)CC(C)c1c(-c2ccccc2)nc2ccccc2c1C(=O)N=C(N)N. The largest absolute Gasteiger partial charge is 0.370 e. The predicted octanol–water partition coefficient (Wildman–Crippen LogP) is 4.47. The first-order chi connectivity index (χ1) is 13.4. The molecule has 144 valence electrons. The second kappa shape index (κ2) is 8.21. The van der Waals surface area contributed by atoms with Crippen LogP contribution in [0.5, 0.6) is 0 Å². The molecule has 0 bridgehead atoms. The van der Waals surface area contributed by atoms with Gasteiger partial charge in [0.2, 0.25) is 0 Å². The number of para-hydroxylation sites is 1. The molecule has 0 saturated heterocycles. The number of aromatic nitrogens is 1. The van der Waals surface area contributed by atoms with Gasteiger partial charge in [-0.3, -0.25) is 4.79 Å². The van der Waals surface area contributed by atoms with Crippen molar-refractivity contribution in [1.29, 1.82) is 0 Å². The Balaban J connectivity index is 2.41. The van der Waals surface area contributed by atoms with Crippen molar-refractivity contribution >= 4 is 22.8 Å². The van der Waals surface area contributed by atoms with Crippen molar-refractivity contribution in [2.75, 3.05) is 0 Å². The summed E-state index contributed by atoms with van der Waals surface area (Å²) in [6.45, 7) is 6.47. The Kier molecular flexibility index (Phi) is 5.73. The molecule has 2 aromatic carbocycles. The maximum Gasteiger partial charge on any atom is 0.281 e. The summed E-state index contributed by atoms with van der Waals surface area (Å²) < 4.78 is 0. The van der Waals surface area contributed by atoms with Crippen LogP contribution in [-0.4, -0.2) is 16.9 Å². The second-order valence-corrected chi connectivity index (χ2v) is 7.50. The van der Waals surface area contributed by atoms with Gasteiger partial charge in [-0.2, -0.15) is 4.99 Å². The minimum atomic E-state index is -0.429. The number of rotatable bonds is 5. The zero-order valence-electron chi connectivity index (χ0n) is 16.5. The summed E-state index contributed by atoms with van der Waals surface area (Å²) in [5.74, 6) is -0.0902. The lowest BCUT2D eigenvalue weighted by Gasteiger charge is -2.22. The smallest absolute Gasteiger partial charge is 0.281 e. The Labute approximate surface area is 165 Å². The van der Waals surface area contributed by atoms with Crippen LogP contribution in [0.3, 0.4) is 0 Å². The molecule has 3 aromatic rings. The minimum absolute atomic E-state index is 0.112. The first-order valence-electron chi connectivity index (χ1n) is 9.50. The molecule has 1 unspecified atom stereocenters. The molecule has 1 amide bonds. The van der Waals surface area contributed by atoms with Gasteiger partial charge in [0.25, 0.3) is 5.91 Å². The number of amides is 1. The van der Waals surface area contributed by atoms with Crippen LogP contribution in [-0.2, 0) is 0 Å². The fraction of sp³-hybridized carbons (Fsp3) is 0.261. The lowest BCUT2D eigenvalue weighted by atomic mass is 9.84. The molecule has 0 aliphatic heterocycles. The van der Waals surface area contributed by atoms with Gasteiger partial charge in [0.1, 0.15) is 0 Å². The monoisotopic (exact) mass is 374 g/mol. The number of nitrogens with zero attached hydrogens (tertiary/aromatic N) is 2. The van der Waals surface area contributed by atoms with Crippen molar-refractivity contribution in [2.45, 2.75) is 33.1 Å². The van der Waals surface area contributed by atoms with E-state index in [1.807, 2.05) is 54.6 Å². The number of fused-ring (bicyclic) bond motifs is 1. The van der Waals surface area contributed by atoms with Crippen molar-refractivity contribution in [3.63, 3.8) is 0 Å². The first kappa shape index (κ1) is 19.5. The standard InChI is InChI=1S/C23H26N4O/c1-14(2)13-15(3)19-20(22(28)27-23(24)25)17-11-7-8-12-18(17)26-21(19)16-9-5-4-6-10-16/h4-12,14-15H,13H2,1-3H3,(H4,24,25,27,28). The van der Waals surface area contributed by atoms with Gasteiger partial charge >= 0.3 is 0 Å². The number of guanidine groups is 1. The Morgan fingerprint density at radius 1 is 1.00 bits per heavy atom. The van der Waals surface area contributed by atoms with Gasteiger partial charge in [0.15, 0.2) is 5.96 Å². The van der Waals surface area contributed by atoms with Crippen molar-refractivity contribution in [2.24, 2.45) is 22.4 Å². The lowest BCUT2D eigenvalue weighted by Crippen LogP contribution is -2.25. The molecule has 5 nitrogen and oxygen atoms in total. The van der Waals surface area contributed by atoms with E-state index in [4.69, 9.17) is 16.5 Å². The van der Waals surface area contributed by atoms with Gasteiger partial charge < -0.3 is 11.5 Å². The molecule has 1 aromatic heterocycles. The molecule has 1 atom stereocenters. The Morgan fingerprint density at radius 3 is 2.29 bits per heavy atom. The third-order valence-electron chi connectivity index (χ3n) is 4.74. The summed E-state index contributed by atoms with van der Waals surface area (Å²) in [4.78, 5) is 21.9. The Bertz CT molecular complexity index is 1020. The van der Waals surface area contributed by atoms with Crippen LogP contribution >= 0.6 is 0 Å². The van der Waals surface area contributed by atoms with Crippen LogP contribution in [0.2, 0.25) is 0 Å². The van der Waals surface area contributed by atoms with Gasteiger partial charge in [-0.1, -0.05) is 69.3 Å². The minimum Gasteiger partial charge on any atom is -0.370 e. The average Bonchev–Trinajstić information content (AvgIpc) is 2.66. The summed E-state index contributed by atoms with van der Waals surface area (Å²) in [7, 11) is 0. The molecular formula is C23H26N4O. The highest BCUT2D eigenvalue weighted by atomic mass is 16.1. The van der Waals surface area contributed by atoms with Crippen LogP contribution < -0.4 is 11.5 Å². The maximum atomic E-state index is 13.1. The Hall–Kier alpha value is -3.21. The van der Waals surface area contributed by atoms with Gasteiger partial charge in [0, 0.05) is 10.9 Å². The molecule has 0 aliphatic rings. The van der Waals surface area contributed by atoms with Crippen molar-refractivity contribution in [3.8, 4) is 11.3 Å². The number of aliphatic imine (C=N–C) groups is 1. The van der Waals surface area contributed by atoms with Crippen molar-refractivity contribution in [1.82, 2.24) is 4.98 Å². The van der Waals surface area contributed by atoms with E-state index in [2.05, 4.69) is 25.8 Å². The molecule has 28 heavy (non-hydrogen) atoms. The van der Waals surface area contributed by atoms with E-state index < -0.39 is 5.91 Å². The lowest BCUT2D eigenvalue weighted by molar-refractivity contribution is 0.100. The molecule has 0 radical (unpaired) electrons. The number of carbonyl (C=O) groups excluding carboxylic acids is 1. The fourth-order valence-electron chi connectivity index (χ4n) is 3.75. The molecule has 3 rings (SSSR count). The zero-order chi connectivity index (χ0) is 20.3. The predicted molar refractivity (Wildman–Crippen MR) is 115 cm³/mol. The molecule has 1 heterocycles. The summed E-state index contributed by atoms with van der Waals surface area (Å²) in [5.41, 5.74) is 15.0. The van der Waals surface area contributed by atoms with Gasteiger partial charge in [-0.05, 0) is 29.9 Å². The van der Waals surface area contributed by atoms with Gasteiger partial charge in [-0.25, -0.2) is 4.98 Å².